The zero-order chi connectivity index (χ0) is 24.1. The largest absolute Gasteiger partial charge is 0.490 e. The highest BCUT2D eigenvalue weighted by Crippen LogP contribution is 2.44. The van der Waals surface area contributed by atoms with E-state index < -0.39 is 0 Å². The van der Waals surface area contributed by atoms with E-state index in [0.717, 1.165) is 22.5 Å². The zero-order valence-corrected chi connectivity index (χ0v) is 20.5. The Morgan fingerprint density at radius 1 is 1.09 bits per heavy atom. The molecule has 1 aliphatic rings. The molecule has 4 rings (SSSR count). The van der Waals surface area contributed by atoms with Crippen LogP contribution in [0.1, 0.15) is 23.4 Å². The van der Waals surface area contributed by atoms with Crippen molar-refractivity contribution in [3.05, 3.63) is 82.9 Å². The van der Waals surface area contributed by atoms with Gasteiger partial charge in [0, 0.05) is 16.4 Å². The van der Waals surface area contributed by atoms with Gasteiger partial charge in [0.1, 0.15) is 5.37 Å². The quantitative estimate of drug-likeness (QED) is 0.424. The molecule has 0 radical (unpaired) electrons. The minimum absolute atomic E-state index is 0.0310. The fraction of sp³-hybridized carbons (Fsp3) is 0.231. The van der Waals surface area contributed by atoms with Gasteiger partial charge in [-0.1, -0.05) is 29.8 Å². The fourth-order valence-corrected chi connectivity index (χ4v) is 4.97. The third-order valence-corrected chi connectivity index (χ3v) is 6.65. The second-order valence-corrected chi connectivity index (χ2v) is 9.25. The fourth-order valence-electron chi connectivity index (χ4n) is 3.68. The molecule has 1 fully saturated rings. The lowest BCUT2D eigenvalue weighted by atomic mass is 10.1. The number of thioether (sulfide) groups is 1. The van der Waals surface area contributed by atoms with Crippen LogP contribution in [0.3, 0.4) is 0 Å². The van der Waals surface area contributed by atoms with Gasteiger partial charge in [-0.25, -0.2) is 0 Å². The summed E-state index contributed by atoms with van der Waals surface area (Å²) in [5, 5.41) is 3.25. The Morgan fingerprint density at radius 2 is 1.88 bits per heavy atom. The number of nitrogens with zero attached hydrogens (tertiary/aromatic N) is 1. The van der Waals surface area contributed by atoms with Crippen LogP contribution in [-0.2, 0) is 9.59 Å². The Bertz CT molecular complexity index is 1190. The Kier molecular flexibility index (Phi) is 7.65. The third-order valence-electron chi connectivity index (χ3n) is 5.19. The molecular weight excluding hydrogens is 472 g/mol. The first-order chi connectivity index (χ1) is 16.4. The number of hydrogen-bond acceptors (Lipinski definition) is 5. The van der Waals surface area contributed by atoms with Crippen molar-refractivity contribution in [3.63, 3.8) is 0 Å². The van der Waals surface area contributed by atoms with Crippen LogP contribution in [0.4, 0.5) is 11.4 Å². The van der Waals surface area contributed by atoms with Crippen molar-refractivity contribution in [1.82, 2.24) is 0 Å². The van der Waals surface area contributed by atoms with E-state index in [0.29, 0.717) is 28.9 Å². The molecule has 0 aromatic heterocycles. The van der Waals surface area contributed by atoms with Crippen LogP contribution in [0, 0.1) is 6.92 Å². The van der Waals surface area contributed by atoms with Crippen LogP contribution >= 0.6 is 23.4 Å². The van der Waals surface area contributed by atoms with Gasteiger partial charge in [0.15, 0.2) is 18.1 Å². The predicted octanol–water partition coefficient (Wildman–Crippen LogP) is 5.84. The predicted molar refractivity (Wildman–Crippen MR) is 137 cm³/mol. The Hall–Kier alpha value is -3.16. The molecule has 1 N–H and O–H groups in total. The summed E-state index contributed by atoms with van der Waals surface area (Å²) in [6, 6.07) is 20.4. The first kappa shape index (κ1) is 24.0. The van der Waals surface area contributed by atoms with Crippen molar-refractivity contribution in [2.24, 2.45) is 0 Å². The number of ether oxygens (including phenoxy) is 2. The minimum Gasteiger partial charge on any atom is -0.490 e. The molecule has 1 atom stereocenters. The standard InChI is InChI=1S/C26H25ClN2O4S/c1-3-32-23-14-18(26-29(25(31)16-34-26)21-10-8-19(27)9-11-21)7-12-22(23)33-15-24(30)28-20-6-4-5-17(2)13-20/h4-14,26H,3,15-16H2,1-2H3,(H,28,30)/t26-/m1/s1. The van der Waals surface area contributed by atoms with Gasteiger partial charge < -0.3 is 14.8 Å². The van der Waals surface area contributed by atoms with E-state index in [9.17, 15) is 9.59 Å². The molecule has 176 valence electrons. The average molecular weight is 497 g/mol. The lowest BCUT2D eigenvalue weighted by Crippen LogP contribution is -2.27. The normalized spacial score (nSPS) is 15.3. The van der Waals surface area contributed by atoms with Crippen LogP contribution in [0.5, 0.6) is 11.5 Å². The number of carbonyl (C=O) groups is 2. The zero-order valence-electron chi connectivity index (χ0n) is 18.9. The summed E-state index contributed by atoms with van der Waals surface area (Å²) in [5.41, 5.74) is 3.48. The van der Waals surface area contributed by atoms with Crippen molar-refractivity contribution in [3.8, 4) is 11.5 Å². The van der Waals surface area contributed by atoms with Crippen LogP contribution in [0.2, 0.25) is 5.02 Å². The molecule has 8 heteroatoms. The maximum Gasteiger partial charge on any atom is 0.262 e. The number of nitrogens with one attached hydrogen (secondary N) is 1. The minimum atomic E-state index is -0.261. The Labute approximate surface area is 208 Å². The van der Waals surface area contributed by atoms with Gasteiger partial charge in [0.2, 0.25) is 5.91 Å². The van der Waals surface area contributed by atoms with E-state index in [1.54, 1.807) is 34.9 Å². The summed E-state index contributed by atoms with van der Waals surface area (Å²) < 4.78 is 11.6. The highest BCUT2D eigenvalue weighted by molar-refractivity contribution is 8.00. The smallest absolute Gasteiger partial charge is 0.262 e. The van der Waals surface area contributed by atoms with Gasteiger partial charge in [-0.3, -0.25) is 14.5 Å². The van der Waals surface area contributed by atoms with E-state index >= 15 is 0 Å². The summed E-state index contributed by atoms with van der Waals surface area (Å²) in [6.07, 6.45) is 0. The lowest BCUT2D eigenvalue weighted by molar-refractivity contribution is -0.118. The van der Waals surface area contributed by atoms with E-state index in [-0.39, 0.29) is 23.8 Å². The Balaban J connectivity index is 1.50. The second-order valence-electron chi connectivity index (χ2n) is 7.75. The summed E-state index contributed by atoms with van der Waals surface area (Å²) in [4.78, 5) is 26.8. The highest BCUT2D eigenvalue weighted by Gasteiger charge is 2.34. The number of aryl methyl sites for hydroxylation is 1. The maximum atomic E-state index is 12.6. The van der Waals surface area contributed by atoms with Gasteiger partial charge in [0.25, 0.3) is 5.91 Å². The van der Waals surface area contributed by atoms with Crippen molar-refractivity contribution < 1.29 is 19.1 Å². The number of benzene rings is 3. The van der Waals surface area contributed by atoms with E-state index in [1.807, 2.05) is 62.4 Å². The molecule has 1 aliphatic heterocycles. The molecule has 1 heterocycles. The molecule has 3 aromatic carbocycles. The number of carbonyl (C=O) groups excluding carboxylic acids is 2. The third kappa shape index (κ3) is 5.66. The first-order valence-corrected chi connectivity index (χ1v) is 12.3. The molecule has 6 nitrogen and oxygen atoms in total. The molecule has 0 bridgehead atoms. The van der Waals surface area contributed by atoms with Crippen LogP contribution in [0.15, 0.2) is 66.7 Å². The van der Waals surface area contributed by atoms with Crippen molar-refractivity contribution in [2.75, 3.05) is 29.2 Å². The number of rotatable bonds is 8. The molecule has 0 aliphatic carbocycles. The monoisotopic (exact) mass is 496 g/mol. The van der Waals surface area contributed by atoms with Gasteiger partial charge in [-0.15, -0.1) is 11.8 Å². The van der Waals surface area contributed by atoms with E-state index in [1.165, 1.54) is 0 Å². The SMILES string of the molecule is CCOc1cc([C@H]2SCC(=O)N2c2ccc(Cl)cc2)ccc1OCC(=O)Nc1cccc(C)c1. The van der Waals surface area contributed by atoms with Crippen LogP contribution < -0.4 is 19.7 Å². The van der Waals surface area contributed by atoms with Crippen molar-refractivity contribution in [2.45, 2.75) is 19.2 Å². The van der Waals surface area contributed by atoms with Crippen LogP contribution in [-0.4, -0.2) is 30.8 Å². The summed E-state index contributed by atoms with van der Waals surface area (Å²) in [6.45, 7) is 4.13. The van der Waals surface area contributed by atoms with Gasteiger partial charge in [-0.2, -0.15) is 0 Å². The summed E-state index contributed by atoms with van der Waals surface area (Å²) in [7, 11) is 0. The molecule has 0 saturated carbocycles. The number of hydrogen-bond donors (Lipinski definition) is 1. The van der Waals surface area contributed by atoms with E-state index in [2.05, 4.69) is 5.32 Å². The molecule has 1 saturated heterocycles. The molecule has 0 unspecified atom stereocenters. The second kappa shape index (κ2) is 10.8. The number of anilines is 2. The first-order valence-electron chi connectivity index (χ1n) is 10.9. The molecule has 2 amide bonds. The summed E-state index contributed by atoms with van der Waals surface area (Å²) >= 11 is 7.56. The summed E-state index contributed by atoms with van der Waals surface area (Å²) in [5.74, 6) is 1.15. The molecule has 34 heavy (non-hydrogen) atoms. The molecule has 0 spiro atoms. The van der Waals surface area contributed by atoms with Crippen molar-refractivity contribution in [1.29, 1.82) is 0 Å². The number of halogens is 1. The topological polar surface area (TPSA) is 67.9 Å². The van der Waals surface area contributed by atoms with Gasteiger partial charge in [-0.05, 0) is 73.5 Å². The van der Waals surface area contributed by atoms with Crippen LogP contribution in [0.25, 0.3) is 0 Å². The molecular formula is C26H25ClN2O4S. The Morgan fingerprint density at radius 3 is 2.62 bits per heavy atom. The van der Waals surface area contributed by atoms with Gasteiger partial charge in [0.05, 0.1) is 12.4 Å². The van der Waals surface area contributed by atoms with E-state index in [4.69, 9.17) is 21.1 Å². The molecule has 3 aromatic rings. The maximum absolute atomic E-state index is 12.6. The number of amides is 2. The average Bonchev–Trinajstić information content (AvgIpc) is 3.20. The van der Waals surface area contributed by atoms with Crippen molar-refractivity contribution >= 4 is 46.6 Å². The lowest BCUT2D eigenvalue weighted by Gasteiger charge is -2.25. The highest BCUT2D eigenvalue weighted by atomic mass is 35.5. The van der Waals surface area contributed by atoms with Gasteiger partial charge >= 0.3 is 0 Å².